The third-order valence-corrected chi connectivity index (χ3v) is 15.8. The van der Waals surface area contributed by atoms with Gasteiger partial charge in [-0.05, 0) is 57.4 Å². The van der Waals surface area contributed by atoms with Crippen LogP contribution in [0.4, 0.5) is 0 Å². The number of amides is 1. The highest BCUT2D eigenvalue weighted by molar-refractivity contribution is 7.45. The number of phosphoric acid groups is 1. The number of hydrogen-bond donors (Lipinski definition) is 1. The van der Waals surface area contributed by atoms with Crippen LogP contribution >= 0.6 is 7.82 Å². The Morgan fingerprint density at radius 3 is 1.13 bits per heavy atom. The highest BCUT2D eigenvalue weighted by Gasteiger charge is 2.27. The minimum Gasteiger partial charge on any atom is -0.756 e. The van der Waals surface area contributed by atoms with Gasteiger partial charge < -0.3 is 28.5 Å². The summed E-state index contributed by atoms with van der Waals surface area (Å²) < 4.78 is 30.3. The Morgan fingerprint density at radius 2 is 0.773 bits per heavy atom. The van der Waals surface area contributed by atoms with Crippen LogP contribution in [0.5, 0.6) is 0 Å². The van der Waals surface area contributed by atoms with Crippen LogP contribution < -0.4 is 10.2 Å². The lowest BCUT2D eigenvalue weighted by Crippen LogP contribution is -2.47. The van der Waals surface area contributed by atoms with E-state index >= 15 is 0 Å². The van der Waals surface area contributed by atoms with Gasteiger partial charge >= 0.3 is 5.97 Å². The first kappa shape index (κ1) is 73.5. The van der Waals surface area contributed by atoms with Crippen LogP contribution in [-0.4, -0.2) is 69.4 Å². The van der Waals surface area contributed by atoms with E-state index in [-0.39, 0.29) is 31.5 Å². The lowest BCUT2D eigenvalue weighted by atomic mass is 10.0. The van der Waals surface area contributed by atoms with Crippen molar-refractivity contribution in [1.29, 1.82) is 0 Å². The molecule has 3 unspecified atom stereocenters. The molecule has 0 aliphatic carbocycles. The second-order valence-electron chi connectivity index (χ2n) is 23.6. The molecule has 0 saturated carbocycles. The summed E-state index contributed by atoms with van der Waals surface area (Å²) in [6, 6.07) is -0.880. The molecule has 444 valence electrons. The number of carbonyl (C=O) groups excluding carboxylic acids is 2. The van der Waals surface area contributed by atoms with E-state index in [2.05, 4.69) is 38.2 Å². The van der Waals surface area contributed by atoms with Crippen LogP contribution in [0.2, 0.25) is 0 Å². The molecule has 0 saturated heterocycles. The molecule has 0 rings (SSSR count). The predicted molar refractivity (Wildman–Crippen MR) is 321 cm³/mol. The summed E-state index contributed by atoms with van der Waals surface area (Å²) in [5.41, 5.74) is 0. The molecule has 0 aromatic carbocycles. The number of allylic oxidation sites excluding steroid dienone is 3. The average molecular weight is 1080 g/mol. The number of rotatable bonds is 60. The van der Waals surface area contributed by atoms with Crippen LogP contribution in [0.15, 0.2) is 24.3 Å². The number of likely N-dealkylation sites (N-methyl/N-ethyl adjacent to an activating group) is 1. The van der Waals surface area contributed by atoms with Gasteiger partial charge in [0.25, 0.3) is 7.82 Å². The van der Waals surface area contributed by atoms with Crippen molar-refractivity contribution in [2.75, 3.05) is 40.9 Å². The van der Waals surface area contributed by atoms with E-state index < -0.39 is 20.0 Å². The van der Waals surface area contributed by atoms with Gasteiger partial charge in [0.15, 0.2) is 0 Å². The summed E-state index contributed by atoms with van der Waals surface area (Å²) in [6.45, 7) is 6.86. The monoisotopic (exact) mass is 1080 g/mol. The number of nitrogens with one attached hydrogen (secondary N) is 1. The molecule has 10 heteroatoms. The molecule has 0 radical (unpaired) electrons. The topological polar surface area (TPSA) is 114 Å². The summed E-state index contributed by atoms with van der Waals surface area (Å²) in [5, 5.41) is 3.03. The predicted octanol–water partition coefficient (Wildman–Crippen LogP) is 19.5. The Labute approximate surface area is 466 Å². The molecule has 0 bridgehead atoms. The van der Waals surface area contributed by atoms with E-state index in [0.29, 0.717) is 17.4 Å². The van der Waals surface area contributed by atoms with Crippen molar-refractivity contribution in [3.8, 4) is 0 Å². The Kier molecular flexibility index (Phi) is 54.7. The van der Waals surface area contributed by atoms with E-state index in [0.717, 1.165) is 57.8 Å². The van der Waals surface area contributed by atoms with E-state index in [1.807, 2.05) is 33.3 Å². The van der Waals surface area contributed by atoms with Crippen molar-refractivity contribution in [2.24, 2.45) is 0 Å². The smallest absolute Gasteiger partial charge is 0.306 e. The van der Waals surface area contributed by atoms with Crippen LogP contribution in [0.3, 0.4) is 0 Å². The minimum atomic E-state index is -4.69. The number of hydrogen-bond acceptors (Lipinski definition) is 7. The van der Waals surface area contributed by atoms with E-state index in [4.69, 9.17) is 13.8 Å². The maximum Gasteiger partial charge on any atom is 0.306 e. The van der Waals surface area contributed by atoms with Crippen molar-refractivity contribution in [3.63, 3.8) is 0 Å². The van der Waals surface area contributed by atoms with Gasteiger partial charge in [-0.2, -0.15) is 0 Å². The van der Waals surface area contributed by atoms with E-state index in [9.17, 15) is 19.0 Å². The Hall–Kier alpha value is -1.51. The van der Waals surface area contributed by atoms with Crippen LogP contribution in [0.1, 0.15) is 329 Å². The first-order valence-corrected chi connectivity index (χ1v) is 34.1. The van der Waals surface area contributed by atoms with Gasteiger partial charge in [-0.1, -0.05) is 283 Å². The lowest BCUT2D eigenvalue weighted by Gasteiger charge is -2.30. The second-order valence-corrected chi connectivity index (χ2v) is 25.0. The minimum absolute atomic E-state index is 0.0181. The summed E-state index contributed by atoms with van der Waals surface area (Å²) >= 11 is 0. The third kappa shape index (κ3) is 57.0. The van der Waals surface area contributed by atoms with Gasteiger partial charge in [-0.25, -0.2) is 0 Å². The quantitative estimate of drug-likeness (QED) is 0.0212. The van der Waals surface area contributed by atoms with Gasteiger partial charge in [-0.15, -0.1) is 0 Å². The van der Waals surface area contributed by atoms with Crippen molar-refractivity contribution in [1.82, 2.24) is 5.32 Å². The summed E-state index contributed by atoms with van der Waals surface area (Å²) in [7, 11) is 1.20. The zero-order chi connectivity index (χ0) is 55.0. The first-order chi connectivity index (χ1) is 36.4. The molecule has 3 atom stereocenters. The number of esters is 1. The Morgan fingerprint density at radius 1 is 0.453 bits per heavy atom. The number of ether oxygens (including phenoxy) is 1. The fraction of sp³-hybridized carbons (Fsp3) is 0.908. The highest BCUT2D eigenvalue weighted by atomic mass is 31.2. The van der Waals surface area contributed by atoms with Crippen molar-refractivity contribution >= 4 is 19.7 Å². The summed E-state index contributed by atoms with van der Waals surface area (Å²) in [5.74, 6) is -0.525. The van der Waals surface area contributed by atoms with Crippen molar-refractivity contribution in [3.05, 3.63) is 24.3 Å². The molecule has 0 aromatic rings. The molecule has 0 aliphatic rings. The number of carbonyl (C=O) groups is 2. The SMILES string of the molecule is CCCCCCCC/C=C/CCCCCCCCCCCCCCCCCCCC(=O)OC(/C=C\CCCCCCCCCCC)C(COP(=O)([O-])OCC[N+](C)(C)C)NC(=O)CCCCCCCCCCCCC. The van der Waals surface area contributed by atoms with Crippen LogP contribution in [0, 0.1) is 0 Å². The van der Waals surface area contributed by atoms with Crippen molar-refractivity contribution < 1.29 is 37.3 Å². The van der Waals surface area contributed by atoms with Gasteiger partial charge in [0, 0.05) is 12.8 Å². The van der Waals surface area contributed by atoms with Gasteiger partial charge in [-0.3, -0.25) is 14.2 Å². The highest BCUT2D eigenvalue weighted by Crippen LogP contribution is 2.38. The Balaban J connectivity index is 4.90. The molecule has 1 N–H and O–H groups in total. The number of quaternary nitrogens is 1. The normalized spacial score (nSPS) is 13.7. The molecular formula is C65H127N2O7P. The largest absolute Gasteiger partial charge is 0.756 e. The molecule has 9 nitrogen and oxygen atoms in total. The maximum absolute atomic E-state index is 13.5. The standard InChI is InChI=1S/C65H127N2O7P/c1-7-10-13-16-19-22-25-26-27-28-29-30-31-32-33-34-35-36-37-38-39-40-43-46-49-52-55-58-65(69)74-63(56-53-50-47-44-41-23-20-17-14-11-8-2)62(61-73-75(70,71)72-60-59-67(4,5)6)66-64(68)57-54-51-48-45-42-24-21-18-15-12-9-3/h26-27,53,56,62-63H,7-25,28-52,54-55,57-61H2,1-6H3,(H-,66,68,70,71)/b27-26+,56-53-. The average Bonchev–Trinajstić information content (AvgIpc) is 3.37. The fourth-order valence-electron chi connectivity index (χ4n) is 9.81. The van der Waals surface area contributed by atoms with Crippen LogP contribution in [-0.2, 0) is 27.9 Å². The molecule has 0 heterocycles. The fourth-order valence-corrected chi connectivity index (χ4v) is 10.5. The molecule has 0 fully saturated rings. The summed E-state index contributed by atoms with van der Waals surface area (Å²) in [4.78, 5) is 39.9. The molecule has 1 amide bonds. The van der Waals surface area contributed by atoms with Gasteiger partial charge in [0.05, 0.1) is 33.8 Å². The van der Waals surface area contributed by atoms with Crippen molar-refractivity contribution in [2.45, 2.75) is 341 Å². The zero-order valence-electron chi connectivity index (χ0n) is 50.8. The van der Waals surface area contributed by atoms with Gasteiger partial charge in [0.1, 0.15) is 19.3 Å². The summed E-state index contributed by atoms with van der Waals surface area (Å²) in [6.07, 6.45) is 66.0. The molecule has 75 heavy (non-hydrogen) atoms. The number of unbranched alkanes of at least 4 members (excludes halogenated alkanes) is 42. The molecule has 0 aromatic heterocycles. The zero-order valence-corrected chi connectivity index (χ0v) is 51.7. The molecule has 0 aliphatic heterocycles. The van der Waals surface area contributed by atoms with Crippen LogP contribution in [0.25, 0.3) is 0 Å². The number of nitrogens with zero attached hydrogens (tertiary/aromatic N) is 1. The third-order valence-electron chi connectivity index (χ3n) is 14.9. The van der Waals surface area contributed by atoms with Gasteiger partial charge in [0.2, 0.25) is 5.91 Å². The number of phosphoric ester groups is 1. The Bertz CT molecular complexity index is 1340. The first-order valence-electron chi connectivity index (χ1n) is 32.6. The second kappa shape index (κ2) is 55.8. The maximum atomic E-state index is 13.5. The molecule has 0 spiro atoms. The van der Waals surface area contributed by atoms with E-state index in [1.165, 1.54) is 238 Å². The lowest BCUT2D eigenvalue weighted by molar-refractivity contribution is -0.870. The molecular weight excluding hydrogens is 952 g/mol. The van der Waals surface area contributed by atoms with E-state index in [1.54, 1.807) is 0 Å².